The molecule has 2 heteroatoms. The van der Waals surface area contributed by atoms with Crippen molar-refractivity contribution >= 4 is 0 Å². The SMILES string of the molecule is c1cc(C2CC2)ccc1CNC1CCOCC1. The first kappa shape index (κ1) is 11.2. The summed E-state index contributed by atoms with van der Waals surface area (Å²) in [5, 5.41) is 3.62. The van der Waals surface area contributed by atoms with Gasteiger partial charge in [-0.05, 0) is 42.7 Å². The van der Waals surface area contributed by atoms with Gasteiger partial charge in [-0.15, -0.1) is 0 Å². The second-order valence-corrected chi connectivity index (χ2v) is 5.28. The van der Waals surface area contributed by atoms with Crippen LogP contribution in [-0.4, -0.2) is 19.3 Å². The number of hydrogen-bond donors (Lipinski definition) is 1. The highest BCUT2D eigenvalue weighted by Crippen LogP contribution is 2.39. The summed E-state index contributed by atoms with van der Waals surface area (Å²) >= 11 is 0. The summed E-state index contributed by atoms with van der Waals surface area (Å²) < 4.78 is 5.36. The number of nitrogens with one attached hydrogen (secondary N) is 1. The first-order chi connectivity index (χ1) is 8.42. The van der Waals surface area contributed by atoms with E-state index in [1.165, 1.54) is 24.0 Å². The third kappa shape index (κ3) is 3.08. The second kappa shape index (κ2) is 5.19. The van der Waals surface area contributed by atoms with Gasteiger partial charge in [-0.25, -0.2) is 0 Å². The van der Waals surface area contributed by atoms with Crippen LogP contribution in [0.3, 0.4) is 0 Å². The van der Waals surface area contributed by atoms with E-state index in [0.29, 0.717) is 6.04 Å². The summed E-state index contributed by atoms with van der Waals surface area (Å²) in [6.45, 7) is 2.83. The molecular formula is C15H21NO. The van der Waals surface area contributed by atoms with Crippen molar-refractivity contribution in [2.24, 2.45) is 0 Å². The highest BCUT2D eigenvalue weighted by Gasteiger charge is 2.22. The highest BCUT2D eigenvalue weighted by atomic mass is 16.5. The maximum Gasteiger partial charge on any atom is 0.0480 e. The lowest BCUT2D eigenvalue weighted by Gasteiger charge is -2.23. The van der Waals surface area contributed by atoms with Crippen LogP contribution < -0.4 is 5.32 Å². The van der Waals surface area contributed by atoms with E-state index < -0.39 is 0 Å². The van der Waals surface area contributed by atoms with E-state index in [1.807, 2.05) is 0 Å². The van der Waals surface area contributed by atoms with Gasteiger partial charge in [-0.3, -0.25) is 0 Å². The zero-order valence-electron chi connectivity index (χ0n) is 10.3. The molecule has 0 spiro atoms. The molecule has 0 atom stereocenters. The van der Waals surface area contributed by atoms with Crippen molar-refractivity contribution < 1.29 is 4.74 Å². The van der Waals surface area contributed by atoms with Crippen LogP contribution in [0, 0.1) is 0 Å². The van der Waals surface area contributed by atoms with Crippen molar-refractivity contribution in [2.45, 2.75) is 44.2 Å². The quantitative estimate of drug-likeness (QED) is 0.860. The second-order valence-electron chi connectivity index (χ2n) is 5.28. The Hall–Kier alpha value is -0.860. The third-order valence-electron chi connectivity index (χ3n) is 3.84. The molecule has 1 saturated heterocycles. The molecule has 0 amide bonds. The molecular weight excluding hydrogens is 210 g/mol. The summed E-state index contributed by atoms with van der Waals surface area (Å²) in [6.07, 6.45) is 5.08. The zero-order valence-corrected chi connectivity index (χ0v) is 10.3. The van der Waals surface area contributed by atoms with Gasteiger partial charge in [0.1, 0.15) is 0 Å². The van der Waals surface area contributed by atoms with Crippen molar-refractivity contribution in [2.75, 3.05) is 13.2 Å². The van der Waals surface area contributed by atoms with E-state index in [0.717, 1.165) is 38.5 Å². The van der Waals surface area contributed by atoms with Gasteiger partial charge in [0.15, 0.2) is 0 Å². The number of ether oxygens (including phenoxy) is 1. The lowest BCUT2D eigenvalue weighted by atomic mass is 10.1. The molecule has 2 aliphatic rings. The van der Waals surface area contributed by atoms with Crippen molar-refractivity contribution in [1.29, 1.82) is 0 Å². The number of benzene rings is 1. The molecule has 0 bridgehead atoms. The van der Waals surface area contributed by atoms with Crippen LogP contribution in [0.4, 0.5) is 0 Å². The average molecular weight is 231 g/mol. The van der Waals surface area contributed by atoms with Gasteiger partial charge in [-0.1, -0.05) is 24.3 Å². The van der Waals surface area contributed by atoms with Crippen LogP contribution in [0.1, 0.15) is 42.7 Å². The van der Waals surface area contributed by atoms with E-state index in [9.17, 15) is 0 Å². The minimum atomic E-state index is 0.645. The fraction of sp³-hybridized carbons (Fsp3) is 0.600. The molecule has 1 aromatic carbocycles. The zero-order chi connectivity index (χ0) is 11.5. The number of rotatable bonds is 4. The van der Waals surface area contributed by atoms with Gasteiger partial charge in [0, 0.05) is 25.8 Å². The van der Waals surface area contributed by atoms with E-state index in [1.54, 1.807) is 0 Å². The van der Waals surface area contributed by atoms with E-state index in [-0.39, 0.29) is 0 Å². The van der Waals surface area contributed by atoms with Gasteiger partial charge in [0.25, 0.3) is 0 Å². The molecule has 1 aliphatic carbocycles. The molecule has 1 N–H and O–H groups in total. The Bertz CT molecular complexity index is 350. The summed E-state index contributed by atoms with van der Waals surface area (Å²) in [7, 11) is 0. The van der Waals surface area contributed by atoms with Gasteiger partial charge in [0.2, 0.25) is 0 Å². The molecule has 0 unspecified atom stereocenters. The van der Waals surface area contributed by atoms with Crippen LogP contribution in [0.25, 0.3) is 0 Å². The Balaban J connectivity index is 1.50. The van der Waals surface area contributed by atoms with Crippen LogP contribution in [-0.2, 0) is 11.3 Å². The Morgan fingerprint density at radius 1 is 1.00 bits per heavy atom. The summed E-state index contributed by atoms with van der Waals surface area (Å²) in [5.74, 6) is 0.868. The molecule has 0 aromatic heterocycles. The molecule has 0 radical (unpaired) electrons. The summed E-state index contributed by atoms with van der Waals surface area (Å²) in [5.41, 5.74) is 2.93. The van der Waals surface area contributed by atoms with Gasteiger partial charge in [0.05, 0.1) is 0 Å². The first-order valence-electron chi connectivity index (χ1n) is 6.82. The highest BCUT2D eigenvalue weighted by molar-refractivity contribution is 5.27. The molecule has 3 rings (SSSR count). The fourth-order valence-corrected chi connectivity index (χ4v) is 2.49. The molecule has 92 valence electrons. The van der Waals surface area contributed by atoms with Crippen molar-refractivity contribution in [3.05, 3.63) is 35.4 Å². The lowest BCUT2D eigenvalue weighted by molar-refractivity contribution is 0.0776. The van der Waals surface area contributed by atoms with Crippen molar-refractivity contribution in [3.8, 4) is 0 Å². The topological polar surface area (TPSA) is 21.3 Å². The van der Waals surface area contributed by atoms with Gasteiger partial charge < -0.3 is 10.1 Å². The maximum absolute atomic E-state index is 5.36. The molecule has 1 aromatic rings. The minimum absolute atomic E-state index is 0.645. The Kier molecular flexibility index (Phi) is 3.44. The number of hydrogen-bond acceptors (Lipinski definition) is 2. The van der Waals surface area contributed by atoms with Crippen LogP contribution >= 0.6 is 0 Å². The molecule has 1 heterocycles. The molecule has 2 fully saturated rings. The van der Waals surface area contributed by atoms with Crippen LogP contribution in [0.5, 0.6) is 0 Å². The minimum Gasteiger partial charge on any atom is -0.381 e. The lowest BCUT2D eigenvalue weighted by Crippen LogP contribution is -2.34. The van der Waals surface area contributed by atoms with Crippen molar-refractivity contribution in [3.63, 3.8) is 0 Å². The smallest absolute Gasteiger partial charge is 0.0480 e. The Labute approximate surface area is 103 Å². The van der Waals surface area contributed by atoms with E-state index >= 15 is 0 Å². The summed E-state index contributed by atoms with van der Waals surface area (Å²) in [4.78, 5) is 0. The molecule has 17 heavy (non-hydrogen) atoms. The van der Waals surface area contributed by atoms with E-state index in [4.69, 9.17) is 4.74 Å². The third-order valence-corrected chi connectivity index (χ3v) is 3.84. The predicted molar refractivity (Wildman–Crippen MR) is 69.1 cm³/mol. The Morgan fingerprint density at radius 3 is 2.35 bits per heavy atom. The molecule has 2 nitrogen and oxygen atoms in total. The normalized spacial score (nSPS) is 21.6. The van der Waals surface area contributed by atoms with Gasteiger partial charge >= 0.3 is 0 Å². The standard InChI is InChI=1S/C15H21NO/c1-3-13(14-5-6-14)4-2-12(1)11-16-15-7-9-17-10-8-15/h1-4,14-16H,5-11H2. The monoisotopic (exact) mass is 231 g/mol. The largest absolute Gasteiger partial charge is 0.381 e. The Morgan fingerprint density at radius 2 is 1.71 bits per heavy atom. The molecule has 1 saturated carbocycles. The average Bonchev–Trinajstić information content (AvgIpc) is 3.23. The predicted octanol–water partition coefficient (Wildman–Crippen LogP) is 2.83. The van der Waals surface area contributed by atoms with Crippen LogP contribution in [0.15, 0.2) is 24.3 Å². The van der Waals surface area contributed by atoms with Crippen molar-refractivity contribution in [1.82, 2.24) is 5.32 Å². The molecule has 1 aliphatic heterocycles. The van der Waals surface area contributed by atoms with Gasteiger partial charge in [-0.2, -0.15) is 0 Å². The fourth-order valence-electron chi connectivity index (χ4n) is 2.49. The van der Waals surface area contributed by atoms with Crippen LogP contribution in [0.2, 0.25) is 0 Å². The van der Waals surface area contributed by atoms with E-state index in [2.05, 4.69) is 29.6 Å². The summed E-state index contributed by atoms with van der Waals surface area (Å²) in [6, 6.07) is 9.81. The first-order valence-corrected chi connectivity index (χ1v) is 6.82. The maximum atomic E-state index is 5.36.